The number of imidazole rings is 1. The highest BCUT2D eigenvalue weighted by Crippen LogP contribution is 2.18. The van der Waals surface area contributed by atoms with Crippen LogP contribution < -0.4 is 11.2 Å². The second-order valence-corrected chi connectivity index (χ2v) is 8.72. The molecule has 10 nitrogen and oxygen atoms in total. The van der Waals surface area contributed by atoms with Crippen molar-refractivity contribution >= 4 is 26.9 Å². The van der Waals surface area contributed by atoms with Gasteiger partial charge in [-0.3, -0.25) is 18.7 Å². The van der Waals surface area contributed by atoms with Gasteiger partial charge in [-0.1, -0.05) is 0 Å². The Kier molecular flexibility index (Phi) is 4.51. The molecule has 3 heterocycles. The van der Waals surface area contributed by atoms with E-state index in [0.29, 0.717) is 13.0 Å². The molecule has 1 aliphatic rings. The average Bonchev–Trinajstić information content (AvgIpc) is 3.15. The number of hydrogen-bond donors (Lipinski definition) is 0. The molecule has 0 spiro atoms. The fraction of sp³-hybridized carbons (Fsp3) is 0.600. The minimum Gasteiger partial charge on any atom is -0.337 e. The van der Waals surface area contributed by atoms with Crippen molar-refractivity contribution in [2.45, 2.75) is 25.9 Å². The number of fused-ring (bicyclic) bond motifs is 1. The summed E-state index contributed by atoms with van der Waals surface area (Å²) in [6, 6.07) is -0.348. The van der Waals surface area contributed by atoms with Gasteiger partial charge in [0.2, 0.25) is 5.91 Å². The maximum Gasteiger partial charge on any atom is 0.332 e. The van der Waals surface area contributed by atoms with Crippen LogP contribution in [0.4, 0.5) is 0 Å². The molecule has 142 valence electrons. The Morgan fingerprint density at radius 3 is 2.58 bits per heavy atom. The van der Waals surface area contributed by atoms with E-state index in [4.69, 9.17) is 0 Å². The highest BCUT2D eigenvalue weighted by Gasteiger charge is 2.34. The summed E-state index contributed by atoms with van der Waals surface area (Å²) in [4.78, 5) is 42.8. The summed E-state index contributed by atoms with van der Waals surface area (Å²) in [7, 11) is -0.237. The molecule has 1 atom stereocenters. The van der Waals surface area contributed by atoms with Gasteiger partial charge >= 0.3 is 5.69 Å². The van der Waals surface area contributed by atoms with Gasteiger partial charge in [0.05, 0.1) is 17.8 Å². The average molecular weight is 383 g/mol. The molecule has 1 amide bonds. The van der Waals surface area contributed by atoms with Gasteiger partial charge in [-0.05, 0) is 13.3 Å². The van der Waals surface area contributed by atoms with Crippen LogP contribution in [0.2, 0.25) is 0 Å². The van der Waals surface area contributed by atoms with Crippen LogP contribution in [-0.2, 0) is 35.3 Å². The summed E-state index contributed by atoms with van der Waals surface area (Å²) in [5.74, 6) is -0.240. The van der Waals surface area contributed by atoms with E-state index >= 15 is 0 Å². The summed E-state index contributed by atoms with van der Waals surface area (Å²) >= 11 is 0. The Labute approximate surface area is 149 Å². The largest absolute Gasteiger partial charge is 0.337 e. The lowest BCUT2D eigenvalue weighted by atomic mass is 10.2. The molecule has 3 rings (SSSR count). The molecular formula is C15H21N5O5S. The van der Waals surface area contributed by atoms with Gasteiger partial charge in [0.15, 0.2) is 21.0 Å². The number of likely N-dealkylation sites (N-methyl/N-ethyl adjacent to an activating group) is 1. The first kappa shape index (κ1) is 18.4. The lowest BCUT2D eigenvalue weighted by molar-refractivity contribution is -0.133. The standard InChI is InChI=1S/C15H21N5O5S/c1-4-20(10-5-6-26(24,25)8-10)11(21)7-19-9-16-13-12(19)14(22)18(3)15(23)17(13)2/h9-10H,4-8H2,1-3H3/t10-/m0/s1. The predicted octanol–water partition coefficient (Wildman–Crippen LogP) is -1.53. The number of amides is 1. The molecule has 2 aromatic rings. The molecule has 0 radical (unpaired) electrons. The van der Waals surface area contributed by atoms with E-state index in [1.54, 1.807) is 6.92 Å². The van der Waals surface area contributed by atoms with Crippen LogP contribution >= 0.6 is 0 Å². The van der Waals surface area contributed by atoms with Gasteiger partial charge in [0.1, 0.15) is 6.54 Å². The van der Waals surface area contributed by atoms with Crippen LogP contribution in [0.1, 0.15) is 13.3 Å². The smallest absolute Gasteiger partial charge is 0.332 e. The SMILES string of the molecule is CCN(C(=O)Cn1cnc2c1c(=O)n(C)c(=O)n2C)[C@H]1CCS(=O)(=O)C1. The number of carbonyl (C=O) groups excluding carboxylic acids is 1. The minimum absolute atomic E-state index is 0.0342. The number of sulfone groups is 1. The summed E-state index contributed by atoms with van der Waals surface area (Å²) in [5, 5.41) is 0. The molecule has 0 aliphatic carbocycles. The first-order valence-electron chi connectivity index (χ1n) is 8.27. The summed E-state index contributed by atoms with van der Waals surface area (Å²) < 4.78 is 27.0. The first-order chi connectivity index (χ1) is 12.2. The number of hydrogen-bond acceptors (Lipinski definition) is 6. The zero-order valence-electron chi connectivity index (χ0n) is 14.9. The fourth-order valence-electron chi connectivity index (χ4n) is 3.41. The maximum atomic E-state index is 12.7. The molecule has 2 aromatic heterocycles. The molecule has 0 aromatic carbocycles. The lowest BCUT2D eigenvalue weighted by Crippen LogP contribution is -2.43. The van der Waals surface area contributed by atoms with Gasteiger partial charge in [0.25, 0.3) is 5.56 Å². The number of rotatable bonds is 4. The summed E-state index contributed by atoms with van der Waals surface area (Å²) in [6.07, 6.45) is 1.77. The minimum atomic E-state index is -3.11. The monoisotopic (exact) mass is 383 g/mol. The van der Waals surface area contributed by atoms with Crippen molar-refractivity contribution in [1.82, 2.24) is 23.6 Å². The van der Waals surface area contributed by atoms with E-state index in [1.807, 2.05) is 0 Å². The third kappa shape index (κ3) is 2.96. The van der Waals surface area contributed by atoms with Crippen LogP contribution in [0.15, 0.2) is 15.9 Å². The Morgan fingerprint density at radius 1 is 1.31 bits per heavy atom. The van der Waals surface area contributed by atoms with Gasteiger partial charge < -0.3 is 9.47 Å². The third-order valence-corrected chi connectivity index (χ3v) is 6.58. The third-order valence-electron chi connectivity index (χ3n) is 4.83. The number of carbonyl (C=O) groups is 1. The van der Waals surface area contributed by atoms with Crippen molar-refractivity contribution in [3.63, 3.8) is 0 Å². The van der Waals surface area contributed by atoms with E-state index < -0.39 is 21.1 Å². The van der Waals surface area contributed by atoms with E-state index in [0.717, 1.165) is 4.57 Å². The molecule has 26 heavy (non-hydrogen) atoms. The zero-order valence-corrected chi connectivity index (χ0v) is 15.7. The van der Waals surface area contributed by atoms with Gasteiger partial charge in [-0.2, -0.15) is 0 Å². The highest BCUT2D eigenvalue weighted by molar-refractivity contribution is 7.91. The Morgan fingerprint density at radius 2 is 2.00 bits per heavy atom. The fourth-order valence-corrected chi connectivity index (χ4v) is 5.14. The second-order valence-electron chi connectivity index (χ2n) is 6.49. The van der Waals surface area contributed by atoms with Crippen molar-refractivity contribution in [1.29, 1.82) is 0 Å². The number of aromatic nitrogens is 4. The molecule has 1 aliphatic heterocycles. The molecule has 0 unspecified atom stereocenters. The van der Waals surface area contributed by atoms with Crippen LogP contribution in [0.5, 0.6) is 0 Å². The van der Waals surface area contributed by atoms with Gasteiger partial charge in [0, 0.05) is 26.7 Å². The molecule has 0 saturated carbocycles. The van der Waals surface area contributed by atoms with Crippen LogP contribution in [0.25, 0.3) is 11.2 Å². The van der Waals surface area contributed by atoms with Crippen molar-refractivity contribution < 1.29 is 13.2 Å². The van der Waals surface area contributed by atoms with E-state index in [-0.39, 0.29) is 41.2 Å². The van der Waals surface area contributed by atoms with Crippen molar-refractivity contribution in [3.05, 3.63) is 27.2 Å². The topological polar surface area (TPSA) is 116 Å². The zero-order chi connectivity index (χ0) is 19.2. The first-order valence-corrected chi connectivity index (χ1v) is 10.1. The predicted molar refractivity (Wildman–Crippen MR) is 94.7 cm³/mol. The molecule has 0 bridgehead atoms. The van der Waals surface area contributed by atoms with Crippen molar-refractivity contribution in [3.8, 4) is 0 Å². The Bertz CT molecular complexity index is 1090. The number of aryl methyl sites for hydroxylation is 1. The quantitative estimate of drug-likeness (QED) is 0.632. The van der Waals surface area contributed by atoms with E-state index in [1.165, 1.54) is 34.5 Å². The van der Waals surface area contributed by atoms with Crippen LogP contribution in [0, 0.1) is 0 Å². The van der Waals surface area contributed by atoms with Crippen molar-refractivity contribution in [2.75, 3.05) is 18.1 Å². The normalized spacial score (nSPS) is 19.1. The van der Waals surface area contributed by atoms with Crippen molar-refractivity contribution in [2.24, 2.45) is 14.1 Å². The highest BCUT2D eigenvalue weighted by atomic mass is 32.2. The van der Waals surface area contributed by atoms with Gasteiger partial charge in [-0.15, -0.1) is 0 Å². The molecule has 11 heteroatoms. The Balaban J connectivity index is 1.95. The Hall–Kier alpha value is -2.43. The summed E-state index contributed by atoms with van der Waals surface area (Å²) in [6.45, 7) is 2.02. The molecule has 0 N–H and O–H groups in total. The van der Waals surface area contributed by atoms with Gasteiger partial charge in [-0.25, -0.2) is 18.2 Å². The van der Waals surface area contributed by atoms with Crippen LogP contribution in [0.3, 0.4) is 0 Å². The molecular weight excluding hydrogens is 362 g/mol. The number of nitrogens with zero attached hydrogens (tertiary/aromatic N) is 5. The van der Waals surface area contributed by atoms with E-state index in [9.17, 15) is 22.8 Å². The molecule has 1 saturated heterocycles. The summed E-state index contributed by atoms with van der Waals surface area (Å²) in [5.41, 5.74) is -0.652. The maximum absolute atomic E-state index is 12.7. The second kappa shape index (κ2) is 6.38. The van der Waals surface area contributed by atoms with E-state index in [2.05, 4.69) is 4.98 Å². The molecule has 1 fully saturated rings. The van der Waals surface area contributed by atoms with Crippen LogP contribution in [-0.4, -0.2) is 62.0 Å². The lowest BCUT2D eigenvalue weighted by Gasteiger charge is -2.27.